The Hall–Kier alpha value is -4.12. The van der Waals surface area contributed by atoms with E-state index in [9.17, 15) is 13.2 Å². The number of carbonyl (C=O) groups is 1. The number of sulfonamides is 1. The lowest BCUT2D eigenvalue weighted by molar-refractivity contribution is -0.112. The number of methoxy groups -OCH3 is 1. The summed E-state index contributed by atoms with van der Waals surface area (Å²) in [4.78, 5) is 15.1. The fourth-order valence-electron chi connectivity index (χ4n) is 5.33. The maximum Gasteiger partial charge on any atom is 0.258 e. The summed E-state index contributed by atoms with van der Waals surface area (Å²) in [5, 5.41) is 0.991. The van der Waals surface area contributed by atoms with Crippen molar-refractivity contribution in [2.75, 3.05) is 52.0 Å². The Morgan fingerprint density at radius 2 is 1.71 bits per heavy atom. The first-order valence-corrected chi connectivity index (χ1v) is 14.9. The Balaban J connectivity index is 1.32. The largest absolute Gasteiger partial charge is 0.497 e. The van der Waals surface area contributed by atoms with Crippen LogP contribution in [-0.4, -0.2) is 70.3 Å². The van der Waals surface area contributed by atoms with Crippen LogP contribution in [0.3, 0.4) is 0 Å². The molecule has 1 fully saturated rings. The predicted molar refractivity (Wildman–Crippen MR) is 158 cm³/mol. The van der Waals surface area contributed by atoms with E-state index >= 15 is 0 Å². The van der Waals surface area contributed by atoms with Crippen LogP contribution in [0.15, 0.2) is 77.8 Å². The summed E-state index contributed by atoms with van der Waals surface area (Å²) in [5.41, 5.74) is 3.63. The number of para-hydroxylation sites is 1. The summed E-state index contributed by atoms with van der Waals surface area (Å²) >= 11 is 0. The molecular formula is C31H31N3O6S. The average molecular weight is 574 g/mol. The van der Waals surface area contributed by atoms with Crippen molar-refractivity contribution in [1.82, 2.24) is 8.87 Å². The molecular weight excluding hydrogens is 542 g/mol. The van der Waals surface area contributed by atoms with Gasteiger partial charge in [0.1, 0.15) is 18.1 Å². The van der Waals surface area contributed by atoms with E-state index in [1.807, 2.05) is 60.8 Å². The zero-order chi connectivity index (χ0) is 28.6. The molecule has 1 amide bonds. The molecule has 0 atom stereocenters. The first-order chi connectivity index (χ1) is 19.9. The third kappa shape index (κ3) is 5.10. The molecule has 10 heteroatoms. The van der Waals surface area contributed by atoms with Crippen molar-refractivity contribution in [2.24, 2.45) is 0 Å². The van der Waals surface area contributed by atoms with Gasteiger partial charge in [-0.15, -0.1) is 0 Å². The smallest absolute Gasteiger partial charge is 0.258 e. The van der Waals surface area contributed by atoms with E-state index < -0.39 is 10.0 Å². The molecule has 0 unspecified atom stereocenters. The third-order valence-corrected chi connectivity index (χ3v) is 9.44. The summed E-state index contributed by atoms with van der Waals surface area (Å²) in [7, 11) is -0.378. The van der Waals surface area contributed by atoms with Gasteiger partial charge in [-0.3, -0.25) is 4.79 Å². The molecule has 41 heavy (non-hydrogen) atoms. The molecule has 0 radical (unpaired) electrons. The highest BCUT2D eigenvalue weighted by Crippen LogP contribution is 2.39. The van der Waals surface area contributed by atoms with Crippen molar-refractivity contribution in [3.05, 3.63) is 84.1 Å². The quantitative estimate of drug-likeness (QED) is 0.293. The second-order valence-electron chi connectivity index (χ2n) is 9.94. The number of amides is 1. The molecule has 0 spiro atoms. The molecule has 1 aromatic heterocycles. The van der Waals surface area contributed by atoms with Crippen LogP contribution in [-0.2, 0) is 26.1 Å². The highest BCUT2D eigenvalue weighted by atomic mass is 32.2. The van der Waals surface area contributed by atoms with Crippen LogP contribution >= 0.6 is 0 Å². The van der Waals surface area contributed by atoms with Crippen LogP contribution in [0.25, 0.3) is 22.6 Å². The number of aromatic nitrogens is 1. The van der Waals surface area contributed by atoms with Gasteiger partial charge in [0.25, 0.3) is 5.91 Å². The molecule has 2 aliphatic heterocycles. The van der Waals surface area contributed by atoms with Gasteiger partial charge in [-0.05, 0) is 54.6 Å². The van der Waals surface area contributed by atoms with Gasteiger partial charge in [0, 0.05) is 53.9 Å². The van der Waals surface area contributed by atoms with Crippen molar-refractivity contribution in [3.8, 4) is 11.5 Å². The standard InChI is InChI=1S/C31H31N3O6S/c1-32-29-12-11-25(41(36,37)34-14-16-39-17-15-34)20-27(29)28(31(32)35)19-22-21-33(30-6-4-3-5-26(22)30)13-18-40-24-9-7-23(38-2)8-10-24/h3-12,19-21H,13-18H2,1-2H3. The van der Waals surface area contributed by atoms with Gasteiger partial charge in [0.2, 0.25) is 10.0 Å². The minimum Gasteiger partial charge on any atom is -0.497 e. The van der Waals surface area contributed by atoms with E-state index in [1.165, 1.54) is 4.31 Å². The zero-order valence-corrected chi connectivity index (χ0v) is 23.8. The Labute approximate surface area is 239 Å². The molecule has 0 saturated carbocycles. The van der Waals surface area contributed by atoms with Gasteiger partial charge < -0.3 is 23.7 Å². The van der Waals surface area contributed by atoms with E-state index in [1.54, 1.807) is 37.3 Å². The van der Waals surface area contributed by atoms with Gasteiger partial charge in [0.15, 0.2) is 0 Å². The fourth-order valence-corrected chi connectivity index (χ4v) is 6.76. The summed E-state index contributed by atoms with van der Waals surface area (Å²) in [6.45, 7) is 2.40. The molecule has 212 valence electrons. The first-order valence-electron chi connectivity index (χ1n) is 13.4. The van der Waals surface area contributed by atoms with Crippen LogP contribution in [0.1, 0.15) is 11.1 Å². The Morgan fingerprint density at radius 1 is 0.976 bits per heavy atom. The summed E-state index contributed by atoms with van der Waals surface area (Å²) in [6, 6.07) is 20.4. The lowest BCUT2D eigenvalue weighted by atomic mass is 10.0. The topological polar surface area (TPSA) is 90.3 Å². The third-order valence-electron chi connectivity index (χ3n) is 7.54. The minimum atomic E-state index is -3.71. The van der Waals surface area contributed by atoms with Gasteiger partial charge >= 0.3 is 0 Å². The van der Waals surface area contributed by atoms with Crippen LogP contribution in [0, 0.1) is 0 Å². The second-order valence-corrected chi connectivity index (χ2v) is 11.9. The maximum absolute atomic E-state index is 13.4. The molecule has 4 aromatic rings. The van der Waals surface area contributed by atoms with Gasteiger partial charge in [0.05, 0.1) is 37.5 Å². The van der Waals surface area contributed by atoms with Crippen molar-refractivity contribution >= 4 is 44.2 Å². The van der Waals surface area contributed by atoms with E-state index in [0.717, 1.165) is 28.0 Å². The number of ether oxygens (including phenoxy) is 3. The Kier molecular flexibility index (Phi) is 7.29. The number of carbonyl (C=O) groups excluding carboxylic acids is 1. The average Bonchev–Trinajstić information content (AvgIpc) is 3.47. The number of morpholine rings is 1. The molecule has 3 heterocycles. The van der Waals surface area contributed by atoms with Crippen LogP contribution in [0.5, 0.6) is 11.5 Å². The molecule has 1 saturated heterocycles. The number of hydrogen-bond acceptors (Lipinski definition) is 6. The molecule has 0 aliphatic carbocycles. The van der Waals surface area contributed by atoms with Crippen molar-refractivity contribution < 1.29 is 27.4 Å². The minimum absolute atomic E-state index is 0.172. The number of benzene rings is 3. The number of anilines is 1. The second kappa shape index (κ2) is 11.0. The highest BCUT2D eigenvalue weighted by Gasteiger charge is 2.33. The summed E-state index contributed by atoms with van der Waals surface area (Å²) in [6.07, 6.45) is 3.87. The molecule has 6 rings (SSSR count). The number of hydrogen-bond donors (Lipinski definition) is 0. The molecule has 9 nitrogen and oxygen atoms in total. The van der Waals surface area contributed by atoms with Crippen LogP contribution in [0.2, 0.25) is 0 Å². The van der Waals surface area contributed by atoms with E-state index in [-0.39, 0.29) is 10.8 Å². The monoisotopic (exact) mass is 573 g/mol. The van der Waals surface area contributed by atoms with E-state index in [0.29, 0.717) is 56.3 Å². The maximum atomic E-state index is 13.4. The van der Waals surface area contributed by atoms with Gasteiger partial charge in [-0.2, -0.15) is 4.31 Å². The number of fused-ring (bicyclic) bond motifs is 2. The highest BCUT2D eigenvalue weighted by molar-refractivity contribution is 7.89. The summed E-state index contributed by atoms with van der Waals surface area (Å²) < 4.78 is 46.7. The lowest BCUT2D eigenvalue weighted by Crippen LogP contribution is -2.40. The van der Waals surface area contributed by atoms with E-state index in [2.05, 4.69) is 4.57 Å². The van der Waals surface area contributed by atoms with Crippen molar-refractivity contribution in [2.45, 2.75) is 11.4 Å². The van der Waals surface area contributed by atoms with Crippen LogP contribution < -0.4 is 14.4 Å². The Bertz CT molecular complexity index is 1740. The SMILES string of the molecule is COc1ccc(OCCn2cc(C=C3C(=O)N(C)c4ccc(S(=O)(=O)N5CCOCC5)cc43)c3ccccc32)cc1. The zero-order valence-electron chi connectivity index (χ0n) is 22.9. The lowest BCUT2D eigenvalue weighted by Gasteiger charge is -2.26. The number of likely N-dealkylation sites (N-methyl/N-ethyl adjacent to an activating group) is 1. The fraction of sp³-hybridized carbons (Fsp3) is 0.258. The van der Waals surface area contributed by atoms with Gasteiger partial charge in [-0.1, -0.05) is 18.2 Å². The summed E-state index contributed by atoms with van der Waals surface area (Å²) in [5.74, 6) is 1.34. The van der Waals surface area contributed by atoms with Crippen LogP contribution in [0.4, 0.5) is 5.69 Å². The molecule has 0 bridgehead atoms. The number of nitrogens with zero attached hydrogens (tertiary/aromatic N) is 3. The molecule has 0 N–H and O–H groups in total. The van der Waals surface area contributed by atoms with Gasteiger partial charge in [-0.25, -0.2) is 8.42 Å². The first kappa shape index (κ1) is 27.1. The van der Waals surface area contributed by atoms with Crippen molar-refractivity contribution in [1.29, 1.82) is 0 Å². The normalized spacial score (nSPS) is 16.9. The molecule has 2 aliphatic rings. The molecule has 3 aromatic carbocycles. The number of rotatable bonds is 8. The Morgan fingerprint density at radius 3 is 2.46 bits per heavy atom. The van der Waals surface area contributed by atoms with E-state index in [4.69, 9.17) is 14.2 Å². The predicted octanol–water partition coefficient (Wildman–Crippen LogP) is 4.27. The van der Waals surface area contributed by atoms with Crippen molar-refractivity contribution in [3.63, 3.8) is 0 Å².